The number of hydrogen-bond donors (Lipinski definition) is 2. The summed E-state index contributed by atoms with van der Waals surface area (Å²) >= 11 is 0. The summed E-state index contributed by atoms with van der Waals surface area (Å²) in [6.07, 6.45) is 7.65. The Morgan fingerprint density at radius 3 is 2.46 bits per heavy atom. The zero-order valence-electron chi connectivity index (χ0n) is 23.9. The number of aromatic nitrogens is 1. The van der Waals surface area contributed by atoms with E-state index in [1.807, 2.05) is 36.5 Å². The average Bonchev–Trinajstić information content (AvgIpc) is 3.34. The van der Waals surface area contributed by atoms with Crippen molar-refractivity contribution in [2.75, 3.05) is 26.0 Å². The van der Waals surface area contributed by atoms with E-state index in [2.05, 4.69) is 29.4 Å². The molecule has 0 radical (unpaired) electrons. The zero-order valence-corrected chi connectivity index (χ0v) is 23.9. The zero-order chi connectivity index (χ0) is 28.9. The van der Waals surface area contributed by atoms with E-state index < -0.39 is 5.97 Å². The van der Waals surface area contributed by atoms with Gasteiger partial charge in [0, 0.05) is 53.6 Å². The molecule has 1 fully saturated rings. The second-order valence-corrected chi connectivity index (χ2v) is 10.9. The first kappa shape index (κ1) is 28.2. The molecule has 1 saturated carbocycles. The Balaban J connectivity index is 1.41. The van der Waals surface area contributed by atoms with Crippen LogP contribution in [0.3, 0.4) is 0 Å². The molecule has 41 heavy (non-hydrogen) atoms. The summed E-state index contributed by atoms with van der Waals surface area (Å²) in [6.45, 7) is 2.30. The maximum absolute atomic E-state index is 12.8. The molecule has 5 rings (SSSR count). The largest absolute Gasteiger partial charge is 0.481 e. The lowest BCUT2D eigenvalue weighted by molar-refractivity contribution is -0.137. The number of fused-ring (bicyclic) bond motifs is 1. The highest BCUT2D eigenvalue weighted by atomic mass is 16.5. The number of amides is 1. The second-order valence-electron chi connectivity index (χ2n) is 10.9. The highest BCUT2D eigenvalue weighted by molar-refractivity contribution is 5.94. The topological polar surface area (TPSA) is 105 Å². The number of carbonyl (C=O) groups is 2. The highest BCUT2D eigenvalue weighted by Gasteiger charge is 2.30. The van der Waals surface area contributed by atoms with Crippen LogP contribution in [0.25, 0.3) is 22.1 Å². The van der Waals surface area contributed by atoms with Crippen LogP contribution in [0.15, 0.2) is 65.2 Å². The maximum atomic E-state index is 12.8. The van der Waals surface area contributed by atoms with Gasteiger partial charge in [0.1, 0.15) is 11.3 Å². The van der Waals surface area contributed by atoms with Gasteiger partial charge in [-0.15, -0.1) is 0 Å². The highest BCUT2D eigenvalue weighted by Crippen LogP contribution is 2.41. The molecule has 1 atom stereocenters. The summed E-state index contributed by atoms with van der Waals surface area (Å²) in [5, 5.41) is 13.8. The van der Waals surface area contributed by atoms with Crippen molar-refractivity contribution in [3.8, 4) is 17.0 Å². The fraction of sp³-hybridized carbons (Fsp3) is 0.364. The number of methoxy groups -OCH3 is 1. The number of rotatable bonds is 10. The molecule has 1 aliphatic carbocycles. The SMILES string of the molecule is COc1ccc(-c2ccc3oc(C(Nc4ccc(C(=O)N(C)CCC(=O)O)cc4)C4CCCCC4)c(C)c3c2)cn1. The number of nitrogens with zero attached hydrogens (tertiary/aromatic N) is 2. The first-order valence-electron chi connectivity index (χ1n) is 14.2. The standard InChI is InChI=1S/C33H37N3O5/c1-21-27-19-24(25-12-16-29(40-3)34-20-25)11-15-28(27)41-32(21)31(22-7-5-4-6-8-22)35-26-13-9-23(10-14-26)33(39)36(2)18-17-30(37)38/h9-16,19-20,22,31,35H,4-8,17-18H2,1-3H3,(H,37,38). The maximum Gasteiger partial charge on any atom is 0.305 e. The predicted octanol–water partition coefficient (Wildman–Crippen LogP) is 7.09. The minimum Gasteiger partial charge on any atom is -0.481 e. The van der Waals surface area contributed by atoms with Crippen LogP contribution in [0, 0.1) is 12.8 Å². The van der Waals surface area contributed by atoms with Gasteiger partial charge in [-0.25, -0.2) is 4.98 Å². The molecule has 0 bridgehead atoms. The van der Waals surface area contributed by atoms with Gasteiger partial charge in [-0.05, 0) is 73.7 Å². The Morgan fingerprint density at radius 1 is 1.07 bits per heavy atom. The molecule has 0 saturated heterocycles. The van der Waals surface area contributed by atoms with Crippen molar-refractivity contribution in [3.63, 3.8) is 0 Å². The van der Waals surface area contributed by atoms with Crippen molar-refractivity contribution < 1.29 is 23.8 Å². The Hall–Kier alpha value is -4.33. The van der Waals surface area contributed by atoms with E-state index in [4.69, 9.17) is 14.3 Å². The monoisotopic (exact) mass is 555 g/mol. The Bertz CT molecular complexity index is 1500. The molecule has 1 aliphatic rings. The van der Waals surface area contributed by atoms with Crippen molar-refractivity contribution in [2.45, 2.75) is 51.5 Å². The molecule has 1 unspecified atom stereocenters. The summed E-state index contributed by atoms with van der Waals surface area (Å²) < 4.78 is 11.8. The smallest absolute Gasteiger partial charge is 0.305 e. The summed E-state index contributed by atoms with van der Waals surface area (Å²) in [5.41, 5.74) is 5.50. The molecule has 1 amide bonds. The molecule has 2 heterocycles. The molecule has 8 heteroatoms. The average molecular weight is 556 g/mol. The molecule has 8 nitrogen and oxygen atoms in total. The van der Waals surface area contributed by atoms with Gasteiger partial charge in [-0.2, -0.15) is 0 Å². The van der Waals surface area contributed by atoms with Gasteiger partial charge in [0.05, 0.1) is 19.6 Å². The first-order valence-corrected chi connectivity index (χ1v) is 14.2. The van der Waals surface area contributed by atoms with E-state index in [-0.39, 0.29) is 24.9 Å². The third-order valence-corrected chi connectivity index (χ3v) is 8.12. The van der Waals surface area contributed by atoms with E-state index in [1.165, 1.54) is 24.2 Å². The van der Waals surface area contributed by atoms with Gasteiger partial charge in [-0.1, -0.05) is 25.3 Å². The van der Waals surface area contributed by atoms with E-state index in [1.54, 1.807) is 26.3 Å². The number of benzene rings is 2. The summed E-state index contributed by atoms with van der Waals surface area (Å²) in [6, 6.07) is 17.5. The Kier molecular flexibility index (Phi) is 8.57. The first-order chi connectivity index (χ1) is 19.8. The minimum absolute atomic E-state index is 0.00593. The number of nitrogens with one attached hydrogen (secondary N) is 1. The molecule has 214 valence electrons. The Labute approximate surface area is 240 Å². The van der Waals surface area contributed by atoms with Gasteiger partial charge >= 0.3 is 5.97 Å². The molecule has 0 spiro atoms. The molecular weight excluding hydrogens is 518 g/mol. The fourth-order valence-corrected chi connectivity index (χ4v) is 5.73. The number of aryl methyl sites for hydroxylation is 1. The fourth-order valence-electron chi connectivity index (χ4n) is 5.73. The van der Waals surface area contributed by atoms with Crippen LogP contribution in [-0.4, -0.2) is 47.6 Å². The normalized spacial score (nSPS) is 14.5. The number of pyridine rings is 1. The van der Waals surface area contributed by atoms with Crippen LogP contribution in [-0.2, 0) is 4.79 Å². The number of carboxylic acids is 1. The van der Waals surface area contributed by atoms with E-state index in [0.717, 1.165) is 51.9 Å². The summed E-state index contributed by atoms with van der Waals surface area (Å²) in [4.78, 5) is 29.4. The van der Waals surface area contributed by atoms with Crippen LogP contribution < -0.4 is 10.1 Å². The van der Waals surface area contributed by atoms with Gasteiger partial charge in [0.25, 0.3) is 5.91 Å². The van der Waals surface area contributed by atoms with E-state index in [0.29, 0.717) is 17.4 Å². The van der Waals surface area contributed by atoms with Crippen LogP contribution in [0.4, 0.5) is 5.69 Å². The number of anilines is 1. The molecular formula is C33H37N3O5. The lowest BCUT2D eigenvalue weighted by atomic mass is 9.82. The van der Waals surface area contributed by atoms with Gasteiger partial charge in [-0.3, -0.25) is 9.59 Å². The molecule has 2 aromatic carbocycles. The number of aliphatic carboxylic acids is 1. The number of hydrogen-bond acceptors (Lipinski definition) is 6. The lowest BCUT2D eigenvalue weighted by Crippen LogP contribution is -2.29. The third-order valence-electron chi connectivity index (χ3n) is 8.12. The van der Waals surface area contributed by atoms with Gasteiger partial charge < -0.3 is 24.5 Å². The number of ether oxygens (including phenoxy) is 1. The van der Waals surface area contributed by atoms with Crippen molar-refractivity contribution in [1.82, 2.24) is 9.88 Å². The quantitative estimate of drug-likeness (QED) is 0.215. The van der Waals surface area contributed by atoms with E-state index in [9.17, 15) is 9.59 Å². The molecule has 2 N–H and O–H groups in total. The van der Waals surface area contributed by atoms with Gasteiger partial charge in [0.2, 0.25) is 5.88 Å². The number of carboxylic acid groups (broad SMARTS) is 1. The Morgan fingerprint density at radius 2 is 1.80 bits per heavy atom. The van der Waals surface area contributed by atoms with Crippen LogP contribution >= 0.6 is 0 Å². The number of carbonyl (C=O) groups excluding carboxylic acids is 1. The van der Waals surface area contributed by atoms with E-state index >= 15 is 0 Å². The number of furan rings is 1. The van der Waals surface area contributed by atoms with Crippen molar-refractivity contribution in [1.29, 1.82) is 0 Å². The van der Waals surface area contributed by atoms with Crippen molar-refractivity contribution in [3.05, 3.63) is 77.7 Å². The second kappa shape index (κ2) is 12.5. The van der Waals surface area contributed by atoms with Crippen LogP contribution in [0.2, 0.25) is 0 Å². The third kappa shape index (κ3) is 6.37. The van der Waals surface area contributed by atoms with Crippen molar-refractivity contribution in [2.24, 2.45) is 5.92 Å². The summed E-state index contributed by atoms with van der Waals surface area (Å²) in [5.74, 6) is 0.841. The minimum atomic E-state index is -0.923. The summed E-state index contributed by atoms with van der Waals surface area (Å²) in [7, 11) is 3.23. The molecule has 4 aromatic rings. The molecule has 2 aromatic heterocycles. The molecule has 0 aliphatic heterocycles. The van der Waals surface area contributed by atoms with Crippen molar-refractivity contribution >= 4 is 28.5 Å². The lowest BCUT2D eigenvalue weighted by Gasteiger charge is -2.31. The van der Waals surface area contributed by atoms with Crippen LogP contribution in [0.1, 0.15) is 66.2 Å². The predicted molar refractivity (Wildman–Crippen MR) is 159 cm³/mol. The van der Waals surface area contributed by atoms with Crippen LogP contribution in [0.5, 0.6) is 5.88 Å². The van der Waals surface area contributed by atoms with Gasteiger partial charge in [0.15, 0.2) is 0 Å².